The molecule has 1 aliphatic rings. The summed E-state index contributed by atoms with van der Waals surface area (Å²) in [4.78, 5) is 16.8. The lowest BCUT2D eigenvalue weighted by molar-refractivity contribution is 0.00598. The quantitative estimate of drug-likeness (QED) is 0.803. The zero-order chi connectivity index (χ0) is 13.9. The minimum Gasteiger partial charge on any atom is -0.382 e. The Morgan fingerprint density at radius 2 is 2.20 bits per heavy atom. The standard InChI is InChI=1S/C15H21N3O2/c1-2-3-12-8-11(6-7-20-12)16-10-4-5-13-14(9-10)18-15(19)17-13/h4-5,9,11-12,16H,2-3,6-8H2,1H3,(H2,17,18,19). The predicted molar refractivity (Wildman–Crippen MR) is 80.2 cm³/mol. The second-order valence-electron chi connectivity index (χ2n) is 5.49. The van der Waals surface area contributed by atoms with Crippen molar-refractivity contribution in [2.45, 2.75) is 44.8 Å². The summed E-state index contributed by atoms with van der Waals surface area (Å²) in [5, 5.41) is 3.55. The van der Waals surface area contributed by atoms with Gasteiger partial charge < -0.3 is 20.0 Å². The third kappa shape index (κ3) is 2.88. The Hall–Kier alpha value is -1.75. The van der Waals surface area contributed by atoms with Gasteiger partial charge >= 0.3 is 5.69 Å². The average molecular weight is 275 g/mol. The van der Waals surface area contributed by atoms with Gasteiger partial charge in [-0.15, -0.1) is 0 Å². The molecule has 1 saturated heterocycles. The number of rotatable bonds is 4. The van der Waals surface area contributed by atoms with Crippen LogP contribution in [-0.2, 0) is 4.74 Å². The van der Waals surface area contributed by atoms with Crippen LogP contribution in [0.2, 0.25) is 0 Å². The molecule has 2 unspecified atom stereocenters. The molecule has 0 saturated carbocycles. The Bertz CT molecular complexity index is 629. The maximum absolute atomic E-state index is 11.3. The van der Waals surface area contributed by atoms with Crippen molar-refractivity contribution >= 4 is 16.7 Å². The number of H-pyrrole nitrogens is 2. The van der Waals surface area contributed by atoms with Crippen LogP contribution in [0.15, 0.2) is 23.0 Å². The van der Waals surface area contributed by atoms with E-state index in [9.17, 15) is 4.79 Å². The first-order valence-electron chi connectivity index (χ1n) is 7.35. The number of fused-ring (bicyclic) bond motifs is 1. The molecule has 3 rings (SSSR count). The van der Waals surface area contributed by atoms with Gasteiger partial charge in [-0.05, 0) is 37.5 Å². The van der Waals surface area contributed by atoms with Crippen LogP contribution >= 0.6 is 0 Å². The van der Waals surface area contributed by atoms with E-state index >= 15 is 0 Å². The minimum absolute atomic E-state index is 0.161. The number of aromatic amines is 2. The number of anilines is 1. The number of aromatic nitrogens is 2. The number of hydrogen-bond donors (Lipinski definition) is 3. The highest BCUT2D eigenvalue weighted by molar-refractivity contribution is 5.78. The molecule has 0 amide bonds. The number of hydrogen-bond acceptors (Lipinski definition) is 3. The average Bonchev–Trinajstić information content (AvgIpc) is 2.79. The summed E-state index contributed by atoms with van der Waals surface area (Å²) in [6.07, 6.45) is 4.75. The highest BCUT2D eigenvalue weighted by atomic mass is 16.5. The van der Waals surface area contributed by atoms with Gasteiger partial charge in [-0.1, -0.05) is 13.3 Å². The number of ether oxygens (including phenoxy) is 1. The minimum atomic E-state index is -0.161. The molecule has 1 aromatic heterocycles. The second kappa shape index (κ2) is 5.71. The van der Waals surface area contributed by atoms with Crippen LogP contribution in [0.1, 0.15) is 32.6 Å². The highest BCUT2D eigenvalue weighted by Gasteiger charge is 2.21. The van der Waals surface area contributed by atoms with Crippen molar-refractivity contribution in [3.8, 4) is 0 Å². The molecule has 1 fully saturated rings. The summed E-state index contributed by atoms with van der Waals surface area (Å²) in [7, 11) is 0. The lowest BCUT2D eigenvalue weighted by Gasteiger charge is -2.30. The lowest BCUT2D eigenvalue weighted by atomic mass is 10.00. The molecule has 0 bridgehead atoms. The maximum atomic E-state index is 11.3. The van der Waals surface area contributed by atoms with E-state index in [1.54, 1.807) is 0 Å². The second-order valence-corrected chi connectivity index (χ2v) is 5.49. The van der Waals surface area contributed by atoms with Gasteiger partial charge in [0.05, 0.1) is 17.1 Å². The summed E-state index contributed by atoms with van der Waals surface area (Å²) in [5.74, 6) is 0. The van der Waals surface area contributed by atoms with Crippen LogP contribution in [-0.4, -0.2) is 28.7 Å². The number of benzene rings is 1. The van der Waals surface area contributed by atoms with Crippen molar-refractivity contribution in [1.29, 1.82) is 0 Å². The van der Waals surface area contributed by atoms with Gasteiger partial charge in [-0.25, -0.2) is 4.79 Å². The summed E-state index contributed by atoms with van der Waals surface area (Å²) in [6, 6.07) is 6.37. The largest absolute Gasteiger partial charge is 0.382 e. The van der Waals surface area contributed by atoms with Gasteiger partial charge in [0, 0.05) is 18.3 Å². The first kappa shape index (κ1) is 13.2. The predicted octanol–water partition coefficient (Wildman–Crippen LogP) is 2.62. The smallest absolute Gasteiger partial charge is 0.323 e. The van der Waals surface area contributed by atoms with E-state index in [0.717, 1.165) is 49.0 Å². The molecule has 2 atom stereocenters. The molecule has 5 nitrogen and oxygen atoms in total. The number of nitrogens with one attached hydrogen (secondary N) is 3. The van der Waals surface area contributed by atoms with E-state index in [-0.39, 0.29) is 5.69 Å². The van der Waals surface area contributed by atoms with Crippen LogP contribution in [0.3, 0.4) is 0 Å². The topological polar surface area (TPSA) is 69.9 Å². The van der Waals surface area contributed by atoms with Crippen molar-refractivity contribution in [2.24, 2.45) is 0 Å². The van der Waals surface area contributed by atoms with Gasteiger partial charge in [-0.2, -0.15) is 0 Å². The third-order valence-corrected chi connectivity index (χ3v) is 3.86. The van der Waals surface area contributed by atoms with E-state index < -0.39 is 0 Å². The van der Waals surface area contributed by atoms with Gasteiger partial charge in [-0.3, -0.25) is 0 Å². The molecule has 1 aliphatic heterocycles. The zero-order valence-electron chi connectivity index (χ0n) is 11.7. The fourth-order valence-corrected chi connectivity index (χ4v) is 2.89. The molecule has 108 valence electrons. The van der Waals surface area contributed by atoms with E-state index in [1.807, 2.05) is 18.2 Å². The van der Waals surface area contributed by atoms with Crippen molar-refractivity contribution in [1.82, 2.24) is 9.97 Å². The van der Waals surface area contributed by atoms with E-state index in [4.69, 9.17) is 4.74 Å². The van der Waals surface area contributed by atoms with Crippen LogP contribution in [0.4, 0.5) is 5.69 Å². The lowest BCUT2D eigenvalue weighted by Crippen LogP contribution is -2.33. The summed E-state index contributed by atoms with van der Waals surface area (Å²) in [6.45, 7) is 3.02. The van der Waals surface area contributed by atoms with E-state index in [0.29, 0.717) is 12.1 Å². The molecule has 0 radical (unpaired) electrons. The van der Waals surface area contributed by atoms with E-state index in [1.165, 1.54) is 0 Å². The Morgan fingerprint density at radius 1 is 1.35 bits per heavy atom. The van der Waals surface area contributed by atoms with Crippen molar-refractivity contribution in [2.75, 3.05) is 11.9 Å². The molecular formula is C15H21N3O2. The molecule has 0 aliphatic carbocycles. The molecule has 20 heavy (non-hydrogen) atoms. The molecular weight excluding hydrogens is 254 g/mol. The summed E-state index contributed by atoms with van der Waals surface area (Å²) < 4.78 is 5.77. The van der Waals surface area contributed by atoms with Crippen molar-refractivity contribution < 1.29 is 4.74 Å². The third-order valence-electron chi connectivity index (χ3n) is 3.86. The monoisotopic (exact) mass is 275 g/mol. The molecule has 3 N–H and O–H groups in total. The normalized spacial score (nSPS) is 23.1. The first-order chi connectivity index (χ1) is 9.74. The Morgan fingerprint density at radius 3 is 3.05 bits per heavy atom. The van der Waals surface area contributed by atoms with Crippen molar-refractivity contribution in [3.05, 3.63) is 28.7 Å². The van der Waals surface area contributed by atoms with Crippen LogP contribution in [0.5, 0.6) is 0 Å². The fraction of sp³-hybridized carbons (Fsp3) is 0.533. The van der Waals surface area contributed by atoms with Gasteiger partial charge in [0.25, 0.3) is 0 Å². The van der Waals surface area contributed by atoms with Crippen LogP contribution in [0.25, 0.3) is 11.0 Å². The zero-order valence-corrected chi connectivity index (χ0v) is 11.7. The molecule has 2 aromatic rings. The highest BCUT2D eigenvalue weighted by Crippen LogP contribution is 2.22. The van der Waals surface area contributed by atoms with Crippen LogP contribution < -0.4 is 11.0 Å². The Kier molecular flexibility index (Phi) is 3.78. The summed E-state index contributed by atoms with van der Waals surface area (Å²) in [5.41, 5.74) is 2.58. The molecule has 1 aromatic carbocycles. The van der Waals surface area contributed by atoms with Crippen molar-refractivity contribution in [3.63, 3.8) is 0 Å². The first-order valence-corrected chi connectivity index (χ1v) is 7.35. The number of imidazole rings is 1. The van der Waals surface area contributed by atoms with Crippen LogP contribution in [0, 0.1) is 0 Å². The maximum Gasteiger partial charge on any atom is 0.323 e. The van der Waals surface area contributed by atoms with Gasteiger partial charge in [0.1, 0.15) is 0 Å². The Balaban J connectivity index is 1.70. The molecule has 5 heteroatoms. The Labute approximate surface area is 117 Å². The fourth-order valence-electron chi connectivity index (χ4n) is 2.89. The molecule has 0 spiro atoms. The SMILES string of the molecule is CCCC1CC(Nc2ccc3[nH]c(=O)[nH]c3c2)CCO1. The molecule has 2 heterocycles. The summed E-state index contributed by atoms with van der Waals surface area (Å²) >= 11 is 0. The van der Waals surface area contributed by atoms with Gasteiger partial charge in [0.2, 0.25) is 0 Å². The van der Waals surface area contributed by atoms with E-state index in [2.05, 4.69) is 22.2 Å². The van der Waals surface area contributed by atoms with Gasteiger partial charge in [0.15, 0.2) is 0 Å².